The van der Waals surface area contributed by atoms with E-state index in [-0.39, 0.29) is 6.04 Å². The van der Waals surface area contributed by atoms with Crippen LogP contribution in [0.5, 0.6) is 11.5 Å². The largest absolute Gasteiger partial charge is 0.493 e. The Kier molecular flexibility index (Phi) is 12.2. The van der Waals surface area contributed by atoms with Gasteiger partial charge in [-0.1, -0.05) is 19.9 Å². The van der Waals surface area contributed by atoms with Crippen molar-refractivity contribution in [1.29, 1.82) is 0 Å². The summed E-state index contributed by atoms with van der Waals surface area (Å²) in [5, 5.41) is 6.89. The van der Waals surface area contributed by atoms with Crippen molar-refractivity contribution in [2.24, 2.45) is 4.99 Å². The molecule has 0 saturated carbocycles. The summed E-state index contributed by atoms with van der Waals surface area (Å²) < 4.78 is 16.6. The minimum Gasteiger partial charge on any atom is -0.493 e. The molecule has 0 aliphatic carbocycles. The third-order valence-corrected chi connectivity index (χ3v) is 5.88. The number of ether oxygens (including phenoxy) is 3. The molecule has 0 bridgehead atoms. The maximum absolute atomic E-state index is 5.58. The molecule has 1 aliphatic heterocycles. The number of rotatable bonds is 13. The van der Waals surface area contributed by atoms with Gasteiger partial charge in [0.15, 0.2) is 17.5 Å². The summed E-state index contributed by atoms with van der Waals surface area (Å²) in [6.45, 7) is 15.5. The number of guanidine groups is 1. The Morgan fingerprint density at radius 1 is 1.09 bits per heavy atom. The maximum atomic E-state index is 5.58. The second-order valence-electron chi connectivity index (χ2n) is 7.81. The minimum atomic E-state index is 0.143. The molecule has 182 valence electrons. The molecular formula is C24H43N5O3. The first-order valence-electron chi connectivity index (χ1n) is 11.9. The molecule has 1 aliphatic rings. The Balaban J connectivity index is 2.11. The lowest BCUT2D eigenvalue weighted by Gasteiger charge is -2.34. The molecule has 8 heteroatoms. The van der Waals surface area contributed by atoms with Crippen LogP contribution in [0.25, 0.3) is 0 Å². The average Bonchev–Trinajstić information content (AvgIpc) is 2.84. The van der Waals surface area contributed by atoms with Crippen LogP contribution >= 0.6 is 0 Å². The second-order valence-corrected chi connectivity index (χ2v) is 7.81. The number of hydrogen-bond acceptors (Lipinski definition) is 6. The van der Waals surface area contributed by atoms with E-state index in [2.05, 4.69) is 53.3 Å². The molecule has 1 unspecified atom stereocenters. The monoisotopic (exact) mass is 449 g/mol. The van der Waals surface area contributed by atoms with Crippen molar-refractivity contribution >= 4 is 5.96 Å². The highest BCUT2D eigenvalue weighted by molar-refractivity contribution is 5.79. The van der Waals surface area contributed by atoms with E-state index in [1.54, 1.807) is 14.2 Å². The van der Waals surface area contributed by atoms with E-state index in [1.807, 2.05) is 6.07 Å². The van der Waals surface area contributed by atoms with E-state index in [4.69, 9.17) is 19.2 Å². The van der Waals surface area contributed by atoms with Gasteiger partial charge in [0.25, 0.3) is 0 Å². The zero-order valence-corrected chi connectivity index (χ0v) is 20.7. The lowest BCUT2D eigenvalue weighted by molar-refractivity contribution is 0.0179. The second kappa shape index (κ2) is 14.9. The van der Waals surface area contributed by atoms with Crippen molar-refractivity contribution < 1.29 is 14.2 Å². The predicted molar refractivity (Wildman–Crippen MR) is 131 cm³/mol. The van der Waals surface area contributed by atoms with E-state index >= 15 is 0 Å². The van der Waals surface area contributed by atoms with E-state index in [0.717, 1.165) is 82.9 Å². The van der Waals surface area contributed by atoms with Gasteiger partial charge < -0.3 is 29.7 Å². The molecule has 0 amide bonds. The quantitative estimate of drug-likeness (QED) is 0.272. The maximum Gasteiger partial charge on any atom is 0.191 e. The van der Waals surface area contributed by atoms with Crippen LogP contribution in [0.2, 0.25) is 0 Å². The van der Waals surface area contributed by atoms with Crippen LogP contribution in [0.4, 0.5) is 0 Å². The van der Waals surface area contributed by atoms with Crippen molar-refractivity contribution in [3.8, 4) is 11.5 Å². The Hall–Kier alpha value is -2.03. The molecule has 0 spiro atoms. The molecule has 1 aromatic carbocycles. The third kappa shape index (κ3) is 8.15. The summed E-state index contributed by atoms with van der Waals surface area (Å²) in [4.78, 5) is 9.83. The average molecular weight is 450 g/mol. The lowest BCUT2D eigenvalue weighted by Crippen LogP contribution is -2.42. The molecule has 0 radical (unpaired) electrons. The standard InChI is InChI=1S/C24H43N5O3/c1-6-25-24(26-12-9-13-28(7-2)8-3)27-19-21(29-14-16-32-17-15-29)20-10-11-22(30-4)23(18-20)31-5/h10-11,18,21H,6-9,12-17,19H2,1-5H3,(H2,25,26,27). The topological polar surface area (TPSA) is 70.6 Å². The summed E-state index contributed by atoms with van der Waals surface area (Å²) >= 11 is 0. The van der Waals surface area contributed by atoms with Crippen LogP contribution in [0.15, 0.2) is 23.2 Å². The number of nitrogens with zero attached hydrogens (tertiary/aromatic N) is 3. The summed E-state index contributed by atoms with van der Waals surface area (Å²) in [5.41, 5.74) is 1.17. The molecular weight excluding hydrogens is 406 g/mol. The highest BCUT2D eigenvalue weighted by Crippen LogP contribution is 2.32. The van der Waals surface area contributed by atoms with E-state index in [0.29, 0.717) is 6.54 Å². The van der Waals surface area contributed by atoms with Gasteiger partial charge in [-0.15, -0.1) is 0 Å². The molecule has 0 aromatic heterocycles. The minimum absolute atomic E-state index is 0.143. The summed E-state index contributed by atoms with van der Waals surface area (Å²) in [6.07, 6.45) is 1.09. The van der Waals surface area contributed by atoms with E-state index in [9.17, 15) is 0 Å². The number of nitrogens with one attached hydrogen (secondary N) is 2. The lowest BCUT2D eigenvalue weighted by atomic mass is 10.0. The van der Waals surface area contributed by atoms with Crippen LogP contribution in [-0.2, 0) is 4.74 Å². The number of benzene rings is 1. The highest BCUT2D eigenvalue weighted by Gasteiger charge is 2.24. The number of morpholine rings is 1. The van der Waals surface area contributed by atoms with Crippen molar-refractivity contribution in [3.05, 3.63) is 23.8 Å². The Morgan fingerprint density at radius 2 is 1.81 bits per heavy atom. The van der Waals surface area contributed by atoms with Crippen molar-refractivity contribution in [2.75, 3.05) is 79.8 Å². The van der Waals surface area contributed by atoms with Gasteiger partial charge in [-0.3, -0.25) is 9.89 Å². The van der Waals surface area contributed by atoms with Crippen molar-refractivity contribution in [1.82, 2.24) is 20.4 Å². The Morgan fingerprint density at radius 3 is 2.44 bits per heavy atom. The first-order valence-corrected chi connectivity index (χ1v) is 11.9. The first-order chi connectivity index (χ1) is 15.7. The smallest absolute Gasteiger partial charge is 0.191 e. The number of aliphatic imine (C=N–C) groups is 1. The molecule has 1 fully saturated rings. The summed E-state index contributed by atoms with van der Waals surface area (Å²) in [5.74, 6) is 2.35. The zero-order chi connectivity index (χ0) is 23.2. The van der Waals surface area contributed by atoms with Crippen LogP contribution in [0.3, 0.4) is 0 Å². The third-order valence-electron chi connectivity index (χ3n) is 5.88. The number of methoxy groups -OCH3 is 2. The van der Waals surface area contributed by atoms with Gasteiger partial charge in [-0.2, -0.15) is 0 Å². The Labute approximate surface area is 194 Å². The van der Waals surface area contributed by atoms with E-state index in [1.165, 1.54) is 5.56 Å². The summed E-state index contributed by atoms with van der Waals surface area (Å²) in [7, 11) is 3.34. The van der Waals surface area contributed by atoms with Gasteiger partial charge in [0.2, 0.25) is 0 Å². The molecule has 2 N–H and O–H groups in total. The summed E-state index contributed by atoms with van der Waals surface area (Å²) in [6, 6.07) is 6.30. The highest BCUT2D eigenvalue weighted by atomic mass is 16.5. The van der Waals surface area contributed by atoms with Crippen molar-refractivity contribution in [3.63, 3.8) is 0 Å². The number of hydrogen-bond donors (Lipinski definition) is 2. The fourth-order valence-electron chi connectivity index (χ4n) is 3.95. The fourth-order valence-corrected chi connectivity index (χ4v) is 3.95. The molecule has 1 aromatic rings. The van der Waals surface area contributed by atoms with Crippen LogP contribution in [0, 0.1) is 0 Å². The molecule has 1 atom stereocenters. The Bertz CT molecular complexity index is 676. The molecule has 8 nitrogen and oxygen atoms in total. The van der Waals surface area contributed by atoms with Gasteiger partial charge in [0.1, 0.15) is 0 Å². The van der Waals surface area contributed by atoms with E-state index < -0.39 is 0 Å². The SMILES string of the molecule is CCNC(=NCC(c1ccc(OC)c(OC)c1)N1CCOCC1)NCCCN(CC)CC. The van der Waals surface area contributed by atoms with Gasteiger partial charge in [0, 0.05) is 26.2 Å². The first kappa shape index (κ1) is 26.2. The molecule has 1 heterocycles. The van der Waals surface area contributed by atoms with Crippen LogP contribution < -0.4 is 20.1 Å². The van der Waals surface area contributed by atoms with Gasteiger partial charge in [-0.25, -0.2) is 0 Å². The van der Waals surface area contributed by atoms with Crippen molar-refractivity contribution in [2.45, 2.75) is 33.2 Å². The van der Waals surface area contributed by atoms with Gasteiger partial charge in [-0.05, 0) is 50.7 Å². The van der Waals surface area contributed by atoms with Crippen LogP contribution in [-0.4, -0.2) is 95.6 Å². The molecule has 2 rings (SSSR count). The molecule has 1 saturated heterocycles. The van der Waals surface area contributed by atoms with Gasteiger partial charge in [0.05, 0.1) is 40.0 Å². The zero-order valence-electron chi connectivity index (χ0n) is 20.7. The normalized spacial score (nSPS) is 16.1. The van der Waals surface area contributed by atoms with Crippen LogP contribution in [0.1, 0.15) is 38.8 Å². The van der Waals surface area contributed by atoms with Gasteiger partial charge >= 0.3 is 0 Å². The molecule has 32 heavy (non-hydrogen) atoms. The fraction of sp³-hybridized carbons (Fsp3) is 0.708. The predicted octanol–water partition coefficient (Wildman–Crippen LogP) is 2.36.